The fraction of sp³-hybridized carbons (Fsp3) is 0.240. The van der Waals surface area contributed by atoms with Crippen molar-refractivity contribution in [2.45, 2.75) is 33.0 Å². The van der Waals surface area contributed by atoms with Gasteiger partial charge in [-0.1, -0.05) is 19.1 Å². The number of nitrogens with zero attached hydrogens (tertiary/aromatic N) is 3. The van der Waals surface area contributed by atoms with Crippen LogP contribution in [-0.4, -0.2) is 27.4 Å². The van der Waals surface area contributed by atoms with Crippen LogP contribution in [0.2, 0.25) is 0 Å². The molecule has 7 nitrogen and oxygen atoms in total. The molecule has 0 atom stereocenters. The van der Waals surface area contributed by atoms with E-state index in [2.05, 4.69) is 10.4 Å². The van der Waals surface area contributed by atoms with Crippen molar-refractivity contribution in [3.8, 4) is 11.4 Å². The number of carbonyl (C=O) groups is 1. The number of hydrogen-bond donors (Lipinski definition) is 1. The maximum Gasteiger partial charge on any atom is 0.417 e. The second kappa shape index (κ2) is 9.28. The predicted octanol–water partition coefficient (Wildman–Crippen LogP) is 4.72. The molecule has 0 spiro atoms. The minimum Gasteiger partial charge on any atom is -0.497 e. The SMILES string of the molecule is CCc1ccc(-n2nc(C)c3c(C(F)(F)F)cc(=O)n(CC(=O)Nc4ccc(OC)cc4)c32)cc1. The summed E-state index contributed by atoms with van der Waals surface area (Å²) < 4.78 is 48.9. The number of rotatable bonds is 6. The molecule has 0 aliphatic rings. The highest BCUT2D eigenvalue weighted by Gasteiger charge is 2.36. The molecule has 0 saturated heterocycles. The Morgan fingerprint density at radius 2 is 1.74 bits per heavy atom. The molecule has 0 radical (unpaired) electrons. The number of anilines is 1. The number of alkyl halides is 3. The molecular formula is C25H23F3N4O3. The Morgan fingerprint density at radius 1 is 1.09 bits per heavy atom. The van der Waals surface area contributed by atoms with Crippen LogP contribution in [0, 0.1) is 6.92 Å². The van der Waals surface area contributed by atoms with Crippen LogP contribution in [0.4, 0.5) is 18.9 Å². The molecule has 2 heterocycles. The van der Waals surface area contributed by atoms with Gasteiger partial charge in [-0.05, 0) is 55.3 Å². The van der Waals surface area contributed by atoms with Crippen molar-refractivity contribution < 1.29 is 22.7 Å². The van der Waals surface area contributed by atoms with Crippen molar-refractivity contribution >= 4 is 22.6 Å². The van der Waals surface area contributed by atoms with E-state index in [4.69, 9.17) is 4.74 Å². The first-order chi connectivity index (χ1) is 16.6. The number of hydrogen-bond acceptors (Lipinski definition) is 4. The monoisotopic (exact) mass is 484 g/mol. The van der Waals surface area contributed by atoms with E-state index in [0.29, 0.717) is 23.2 Å². The summed E-state index contributed by atoms with van der Waals surface area (Å²) >= 11 is 0. The normalized spacial score (nSPS) is 11.6. The third kappa shape index (κ3) is 4.77. The zero-order valence-corrected chi connectivity index (χ0v) is 19.3. The summed E-state index contributed by atoms with van der Waals surface area (Å²) in [5.41, 5.74) is -0.0868. The minimum atomic E-state index is -4.77. The van der Waals surface area contributed by atoms with E-state index in [0.717, 1.165) is 16.6 Å². The summed E-state index contributed by atoms with van der Waals surface area (Å²) in [4.78, 5) is 25.7. The Kier molecular flexibility index (Phi) is 6.38. The summed E-state index contributed by atoms with van der Waals surface area (Å²) in [5, 5.41) is 6.74. The van der Waals surface area contributed by atoms with Crippen LogP contribution >= 0.6 is 0 Å². The van der Waals surface area contributed by atoms with E-state index < -0.39 is 29.8 Å². The maximum atomic E-state index is 13.9. The minimum absolute atomic E-state index is 0.0937. The molecule has 2 aromatic heterocycles. The van der Waals surface area contributed by atoms with E-state index in [1.54, 1.807) is 36.4 Å². The van der Waals surface area contributed by atoms with Crippen LogP contribution in [0.25, 0.3) is 16.7 Å². The van der Waals surface area contributed by atoms with E-state index in [1.807, 2.05) is 19.1 Å². The van der Waals surface area contributed by atoms with Crippen molar-refractivity contribution in [1.82, 2.24) is 14.3 Å². The topological polar surface area (TPSA) is 78.2 Å². The standard InChI is InChI=1S/C25H23F3N4O3/c1-4-16-5-9-18(10-6-16)32-24-23(15(2)30-32)20(25(26,27)28)13-22(34)31(24)14-21(33)29-17-7-11-19(35-3)12-8-17/h5-13H,4,14H2,1-3H3,(H,29,33). The molecule has 0 bridgehead atoms. The third-order valence-corrected chi connectivity index (χ3v) is 5.66. The number of aryl methyl sites for hydroxylation is 2. The predicted molar refractivity (Wildman–Crippen MR) is 126 cm³/mol. The lowest BCUT2D eigenvalue weighted by Gasteiger charge is -2.15. The van der Waals surface area contributed by atoms with Gasteiger partial charge in [0.25, 0.3) is 5.56 Å². The number of methoxy groups -OCH3 is 1. The highest BCUT2D eigenvalue weighted by Crippen LogP contribution is 2.36. The molecule has 0 aliphatic carbocycles. The third-order valence-electron chi connectivity index (χ3n) is 5.66. The van der Waals surface area contributed by atoms with Crippen molar-refractivity contribution in [3.05, 3.63) is 81.8 Å². The van der Waals surface area contributed by atoms with E-state index in [9.17, 15) is 22.8 Å². The molecule has 10 heteroatoms. The largest absolute Gasteiger partial charge is 0.497 e. The Morgan fingerprint density at radius 3 is 2.31 bits per heavy atom. The number of pyridine rings is 1. The van der Waals surface area contributed by atoms with Crippen LogP contribution < -0.4 is 15.6 Å². The molecule has 182 valence electrons. The first-order valence-corrected chi connectivity index (χ1v) is 10.9. The summed E-state index contributed by atoms with van der Waals surface area (Å²) in [6.45, 7) is 2.93. The van der Waals surface area contributed by atoms with Gasteiger partial charge in [0.1, 0.15) is 17.9 Å². The first-order valence-electron chi connectivity index (χ1n) is 10.9. The molecule has 1 N–H and O–H groups in total. The molecular weight excluding hydrogens is 461 g/mol. The lowest BCUT2D eigenvalue weighted by molar-refractivity contribution is -0.136. The Bertz CT molecular complexity index is 1440. The van der Waals surface area contributed by atoms with Crippen LogP contribution in [0.5, 0.6) is 5.75 Å². The number of benzene rings is 2. The van der Waals surface area contributed by atoms with Crippen LogP contribution in [0.3, 0.4) is 0 Å². The number of fused-ring (bicyclic) bond motifs is 1. The highest BCUT2D eigenvalue weighted by atomic mass is 19.4. The number of amides is 1. The van der Waals surface area contributed by atoms with Gasteiger partial charge >= 0.3 is 6.18 Å². The summed E-state index contributed by atoms with van der Waals surface area (Å²) in [6.07, 6.45) is -3.99. The second-order valence-electron chi connectivity index (χ2n) is 7.97. The number of ether oxygens (including phenoxy) is 1. The van der Waals surface area contributed by atoms with Gasteiger partial charge in [0.15, 0.2) is 0 Å². The first kappa shape index (κ1) is 24.1. The number of aromatic nitrogens is 3. The quantitative estimate of drug-likeness (QED) is 0.430. The molecule has 2 aromatic carbocycles. The molecule has 4 aromatic rings. The summed E-state index contributed by atoms with van der Waals surface area (Å²) in [6, 6.07) is 14.2. The fourth-order valence-corrected chi connectivity index (χ4v) is 3.91. The molecule has 1 amide bonds. The van der Waals surface area contributed by atoms with Crippen molar-refractivity contribution in [3.63, 3.8) is 0 Å². The Hall–Kier alpha value is -4.08. The maximum absolute atomic E-state index is 13.9. The van der Waals surface area contributed by atoms with Crippen molar-refractivity contribution in [2.24, 2.45) is 0 Å². The van der Waals surface area contributed by atoms with Gasteiger partial charge in [0.05, 0.1) is 29.4 Å². The smallest absolute Gasteiger partial charge is 0.417 e. The van der Waals surface area contributed by atoms with Crippen LogP contribution in [0.15, 0.2) is 59.4 Å². The fourth-order valence-electron chi connectivity index (χ4n) is 3.91. The molecule has 0 unspecified atom stereocenters. The number of carbonyl (C=O) groups excluding carboxylic acids is 1. The second-order valence-corrected chi connectivity index (χ2v) is 7.97. The Balaban J connectivity index is 1.84. The average Bonchev–Trinajstić information content (AvgIpc) is 3.17. The van der Waals surface area contributed by atoms with Gasteiger partial charge in [-0.3, -0.25) is 14.2 Å². The summed E-state index contributed by atoms with van der Waals surface area (Å²) in [7, 11) is 1.51. The molecule has 0 saturated carbocycles. The van der Waals surface area contributed by atoms with Crippen molar-refractivity contribution in [2.75, 3.05) is 12.4 Å². The zero-order chi connectivity index (χ0) is 25.3. The highest BCUT2D eigenvalue weighted by molar-refractivity contribution is 5.92. The molecule has 35 heavy (non-hydrogen) atoms. The van der Waals surface area contributed by atoms with Gasteiger partial charge in [-0.2, -0.15) is 18.3 Å². The van der Waals surface area contributed by atoms with Gasteiger partial charge in [0.2, 0.25) is 5.91 Å². The zero-order valence-electron chi connectivity index (χ0n) is 19.3. The summed E-state index contributed by atoms with van der Waals surface area (Å²) in [5.74, 6) is 0.0159. The number of nitrogens with one attached hydrogen (secondary N) is 1. The molecule has 0 aliphatic heterocycles. The van der Waals surface area contributed by atoms with Crippen LogP contribution in [0.1, 0.15) is 23.7 Å². The number of halogens is 3. The Labute approximate surface area is 198 Å². The van der Waals surface area contributed by atoms with E-state index in [-0.39, 0.29) is 16.7 Å². The van der Waals surface area contributed by atoms with Gasteiger partial charge in [0, 0.05) is 11.8 Å². The lowest BCUT2D eigenvalue weighted by Crippen LogP contribution is -2.30. The van der Waals surface area contributed by atoms with Gasteiger partial charge in [-0.25, -0.2) is 4.68 Å². The van der Waals surface area contributed by atoms with E-state index in [1.165, 1.54) is 18.7 Å². The average molecular weight is 484 g/mol. The lowest BCUT2D eigenvalue weighted by atomic mass is 10.1. The van der Waals surface area contributed by atoms with Crippen molar-refractivity contribution in [1.29, 1.82) is 0 Å². The van der Waals surface area contributed by atoms with Gasteiger partial charge < -0.3 is 10.1 Å². The van der Waals surface area contributed by atoms with E-state index >= 15 is 0 Å². The van der Waals surface area contributed by atoms with Crippen LogP contribution in [-0.2, 0) is 23.9 Å². The molecule has 4 rings (SSSR count). The molecule has 0 fully saturated rings. The van der Waals surface area contributed by atoms with Gasteiger partial charge in [-0.15, -0.1) is 0 Å².